The van der Waals surface area contributed by atoms with Gasteiger partial charge >= 0.3 is 0 Å². The number of carbonyl (C=O) groups is 2. The van der Waals surface area contributed by atoms with Gasteiger partial charge in [0.1, 0.15) is 5.75 Å². The lowest BCUT2D eigenvalue weighted by molar-refractivity contribution is -0.114. The molecule has 0 aliphatic carbocycles. The van der Waals surface area contributed by atoms with Crippen molar-refractivity contribution in [1.82, 2.24) is 4.57 Å². The monoisotopic (exact) mass is 413 g/mol. The molecule has 3 rings (SSSR count). The molecule has 1 heterocycles. The molecular weight excluding hydrogens is 390 g/mol. The summed E-state index contributed by atoms with van der Waals surface area (Å²) in [5, 5.41) is 2.78. The average molecular weight is 413 g/mol. The minimum absolute atomic E-state index is 0.135. The first-order valence-electron chi connectivity index (χ1n) is 9.23. The summed E-state index contributed by atoms with van der Waals surface area (Å²) in [7, 11) is 1.63. The van der Waals surface area contributed by atoms with Gasteiger partial charge in [0.25, 0.3) is 5.91 Å². The van der Waals surface area contributed by atoms with Crippen LogP contribution in [0.4, 0.5) is 5.69 Å². The van der Waals surface area contributed by atoms with Gasteiger partial charge in [-0.05, 0) is 49.4 Å². The number of hydrogen-bond acceptors (Lipinski definition) is 5. The smallest absolute Gasteiger partial charge is 0.279 e. The molecule has 2 amide bonds. The number of aromatic nitrogens is 1. The van der Waals surface area contributed by atoms with Gasteiger partial charge in [-0.3, -0.25) is 9.59 Å². The molecule has 0 saturated carbocycles. The summed E-state index contributed by atoms with van der Waals surface area (Å²) < 4.78 is 13.5. The highest BCUT2D eigenvalue weighted by Gasteiger charge is 2.11. The van der Waals surface area contributed by atoms with Crippen molar-refractivity contribution < 1.29 is 19.1 Å². The van der Waals surface area contributed by atoms with Gasteiger partial charge in [-0.15, -0.1) is 0 Å². The standard InChI is InChI=1S/C21H23N3O4S/c1-4-28-17-8-5-15(6-9-17)20(26)23-21-24(11-12-27-3)18-10-7-16(22-14(2)25)13-19(18)29-21/h5-10,13H,4,11-12H2,1-3H3,(H,22,25). The van der Waals surface area contributed by atoms with Gasteiger partial charge in [0, 0.05) is 31.8 Å². The molecule has 7 nitrogen and oxygen atoms in total. The van der Waals surface area contributed by atoms with Crippen molar-refractivity contribution in [3.8, 4) is 5.75 Å². The molecule has 3 aromatic rings. The van der Waals surface area contributed by atoms with Crippen molar-refractivity contribution in [2.75, 3.05) is 25.6 Å². The van der Waals surface area contributed by atoms with Gasteiger partial charge in [0.15, 0.2) is 4.80 Å². The van der Waals surface area contributed by atoms with Crippen molar-refractivity contribution in [3.63, 3.8) is 0 Å². The predicted molar refractivity (Wildman–Crippen MR) is 113 cm³/mol. The zero-order valence-corrected chi connectivity index (χ0v) is 17.4. The Labute approximate surface area is 172 Å². The van der Waals surface area contributed by atoms with E-state index in [0.717, 1.165) is 10.2 Å². The first-order chi connectivity index (χ1) is 14.0. The second kappa shape index (κ2) is 9.49. The van der Waals surface area contributed by atoms with Crippen LogP contribution in [0.1, 0.15) is 24.2 Å². The molecule has 8 heteroatoms. The Morgan fingerprint density at radius 3 is 2.59 bits per heavy atom. The molecular formula is C21H23N3O4S. The van der Waals surface area contributed by atoms with E-state index in [2.05, 4.69) is 10.3 Å². The van der Waals surface area contributed by atoms with E-state index in [4.69, 9.17) is 9.47 Å². The SMILES string of the molecule is CCOc1ccc(C(=O)N=c2sc3cc(NC(C)=O)ccc3n2CCOC)cc1. The first kappa shape index (κ1) is 20.8. The molecule has 0 radical (unpaired) electrons. The Kier molecular flexibility index (Phi) is 6.79. The molecule has 0 atom stereocenters. The highest BCUT2D eigenvalue weighted by Crippen LogP contribution is 2.22. The summed E-state index contributed by atoms with van der Waals surface area (Å²) >= 11 is 1.39. The number of ether oxygens (including phenoxy) is 2. The Balaban J connectivity index is 2.00. The van der Waals surface area contributed by atoms with E-state index in [1.165, 1.54) is 18.3 Å². The predicted octanol–water partition coefficient (Wildman–Crippen LogP) is 3.45. The molecule has 1 aromatic heterocycles. The van der Waals surface area contributed by atoms with Crippen LogP contribution in [0.3, 0.4) is 0 Å². The van der Waals surface area contributed by atoms with E-state index in [9.17, 15) is 9.59 Å². The van der Waals surface area contributed by atoms with Crippen molar-refractivity contribution in [2.45, 2.75) is 20.4 Å². The topological polar surface area (TPSA) is 81.9 Å². The van der Waals surface area contributed by atoms with Crippen molar-refractivity contribution in [2.24, 2.45) is 4.99 Å². The van der Waals surface area contributed by atoms with Crippen LogP contribution in [0.15, 0.2) is 47.5 Å². The van der Waals surface area contributed by atoms with Crippen LogP contribution in [0.25, 0.3) is 10.2 Å². The number of amides is 2. The minimum atomic E-state index is -0.326. The van der Waals surface area contributed by atoms with E-state index < -0.39 is 0 Å². The van der Waals surface area contributed by atoms with Gasteiger partial charge in [-0.1, -0.05) is 11.3 Å². The highest BCUT2D eigenvalue weighted by molar-refractivity contribution is 7.16. The molecule has 0 spiro atoms. The minimum Gasteiger partial charge on any atom is -0.494 e. The summed E-state index contributed by atoms with van der Waals surface area (Å²) in [6.45, 7) is 4.99. The number of carbonyl (C=O) groups excluding carboxylic acids is 2. The van der Waals surface area contributed by atoms with Gasteiger partial charge in [0.2, 0.25) is 5.91 Å². The Bertz CT molecular complexity index is 1080. The van der Waals surface area contributed by atoms with Crippen LogP contribution >= 0.6 is 11.3 Å². The fraction of sp³-hybridized carbons (Fsp3) is 0.286. The first-order valence-corrected chi connectivity index (χ1v) is 10.0. The van der Waals surface area contributed by atoms with Gasteiger partial charge in [-0.2, -0.15) is 4.99 Å². The van der Waals surface area contributed by atoms with Crippen LogP contribution in [0.2, 0.25) is 0 Å². The van der Waals surface area contributed by atoms with Crippen LogP contribution in [0.5, 0.6) is 5.75 Å². The van der Waals surface area contributed by atoms with Crippen LogP contribution in [-0.4, -0.2) is 36.7 Å². The Hall–Kier alpha value is -2.97. The molecule has 0 unspecified atom stereocenters. The van der Waals surface area contributed by atoms with Gasteiger partial charge in [0.05, 0.1) is 23.4 Å². The number of anilines is 1. The second-order valence-corrected chi connectivity index (χ2v) is 7.28. The summed E-state index contributed by atoms with van der Waals surface area (Å²) in [5.74, 6) is 0.253. The lowest BCUT2D eigenvalue weighted by atomic mass is 10.2. The second-order valence-electron chi connectivity index (χ2n) is 6.27. The maximum Gasteiger partial charge on any atom is 0.279 e. The summed E-state index contributed by atoms with van der Waals surface area (Å²) in [4.78, 5) is 28.9. The maximum atomic E-state index is 12.7. The number of rotatable bonds is 7. The molecule has 0 fully saturated rings. The largest absolute Gasteiger partial charge is 0.494 e. The van der Waals surface area contributed by atoms with Crippen LogP contribution < -0.4 is 14.9 Å². The van der Waals surface area contributed by atoms with E-state index in [1.54, 1.807) is 31.4 Å². The number of thiazole rings is 1. The lowest BCUT2D eigenvalue weighted by Crippen LogP contribution is -2.19. The lowest BCUT2D eigenvalue weighted by Gasteiger charge is -2.06. The molecule has 1 N–H and O–H groups in total. The summed E-state index contributed by atoms with van der Waals surface area (Å²) in [6, 6.07) is 12.6. The van der Waals surface area contributed by atoms with Crippen molar-refractivity contribution in [1.29, 1.82) is 0 Å². The molecule has 0 saturated heterocycles. The summed E-state index contributed by atoms with van der Waals surface area (Å²) in [6.07, 6.45) is 0. The van der Waals surface area contributed by atoms with Crippen molar-refractivity contribution in [3.05, 3.63) is 52.8 Å². The normalized spacial score (nSPS) is 11.6. The highest BCUT2D eigenvalue weighted by atomic mass is 32.1. The Morgan fingerprint density at radius 2 is 1.93 bits per heavy atom. The molecule has 0 aliphatic rings. The molecule has 152 valence electrons. The molecule has 0 bridgehead atoms. The Morgan fingerprint density at radius 1 is 1.17 bits per heavy atom. The van der Waals surface area contributed by atoms with Gasteiger partial charge in [-0.25, -0.2) is 0 Å². The number of methoxy groups -OCH3 is 1. The van der Waals surface area contributed by atoms with Crippen LogP contribution in [-0.2, 0) is 16.1 Å². The number of hydrogen-bond donors (Lipinski definition) is 1. The van der Waals surface area contributed by atoms with E-state index in [-0.39, 0.29) is 11.8 Å². The fourth-order valence-corrected chi connectivity index (χ4v) is 3.94. The third-order valence-corrected chi connectivity index (χ3v) is 5.17. The molecule has 0 aliphatic heterocycles. The van der Waals surface area contributed by atoms with Gasteiger partial charge < -0.3 is 19.4 Å². The van der Waals surface area contributed by atoms with Crippen molar-refractivity contribution >= 4 is 39.1 Å². The fourth-order valence-electron chi connectivity index (χ4n) is 2.85. The van der Waals surface area contributed by atoms with E-state index in [1.807, 2.05) is 29.7 Å². The maximum absolute atomic E-state index is 12.7. The zero-order chi connectivity index (χ0) is 20.8. The van der Waals surface area contributed by atoms with E-state index in [0.29, 0.717) is 41.6 Å². The molecule has 29 heavy (non-hydrogen) atoms. The number of benzene rings is 2. The number of fused-ring (bicyclic) bond motifs is 1. The number of nitrogens with one attached hydrogen (secondary N) is 1. The number of nitrogens with zero attached hydrogens (tertiary/aromatic N) is 2. The van der Waals surface area contributed by atoms with Crippen LogP contribution in [0, 0.1) is 0 Å². The third kappa shape index (κ3) is 5.10. The third-order valence-electron chi connectivity index (χ3n) is 4.13. The zero-order valence-electron chi connectivity index (χ0n) is 16.6. The summed E-state index contributed by atoms with van der Waals surface area (Å²) in [5.41, 5.74) is 2.12. The van der Waals surface area contributed by atoms with E-state index >= 15 is 0 Å². The molecule has 2 aromatic carbocycles. The quantitative estimate of drug-likeness (QED) is 0.643. The average Bonchev–Trinajstić information content (AvgIpc) is 3.02.